The number of ether oxygens (including phenoxy) is 1. The van der Waals surface area contributed by atoms with Crippen molar-refractivity contribution in [2.24, 2.45) is 0 Å². The zero-order chi connectivity index (χ0) is 18.3. The SMILES string of the molecule is Cc1nc(C(=O)N2CCOC(c3nc(C(=O)O)cs3)C2)c2cc[nH]c2n1. The quantitative estimate of drug-likeness (QED) is 0.715. The Kier molecular flexibility index (Phi) is 4.13. The lowest BCUT2D eigenvalue weighted by molar-refractivity contribution is -0.0230. The van der Waals surface area contributed by atoms with E-state index in [0.717, 1.165) is 0 Å². The molecule has 134 valence electrons. The molecule has 0 aliphatic carbocycles. The summed E-state index contributed by atoms with van der Waals surface area (Å²) in [7, 11) is 0. The molecular formula is C16H15N5O4S. The van der Waals surface area contributed by atoms with Crippen LogP contribution in [0.5, 0.6) is 0 Å². The Hall–Kier alpha value is -2.85. The fourth-order valence-corrected chi connectivity index (χ4v) is 3.71. The third kappa shape index (κ3) is 2.93. The lowest BCUT2D eigenvalue weighted by Gasteiger charge is -2.31. The van der Waals surface area contributed by atoms with Crippen molar-refractivity contribution in [1.29, 1.82) is 0 Å². The van der Waals surface area contributed by atoms with Crippen LogP contribution < -0.4 is 0 Å². The first-order valence-corrected chi connectivity index (χ1v) is 8.82. The first-order valence-electron chi connectivity index (χ1n) is 7.94. The zero-order valence-electron chi connectivity index (χ0n) is 13.8. The summed E-state index contributed by atoms with van der Waals surface area (Å²) in [5.74, 6) is -0.773. The van der Waals surface area contributed by atoms with Crippen molar-refractivity contribution in [3.8, 4) is 0 Å². The number of H-pyrrole nitrogens is 1. The van der Waals surface area contributed by atoms with E-state index >= 15 is 0 Å². The van der Waals surface area contributed by atoms with Gasteiger partial charge in [0, 0.05) is 18.1 Å². The number of carbonyl (C=O) groups excluding carboxylic acids is 1. The molecule has 4 rings (SSSR count). The highest BCUT2D eigenvalue weighted by Gasteiger charge is 2.30. The Morgan fingerprint density at radius 3 is 3.00 bits per heavy atom. The fourth-order valence-electron chi connectivity index (χ4n) is 2.88. The first-order chi connectivity index (χ1) is 12.5. The molecule has 0 radical (unpaired) electrons. The molecular weight excluding hydrogens is 358 g/mol. The van der Waals surface area contributed by atoms with E-state index in [1.807, 2.05) is 0 Å². The Morgan fingerprint density at radius 1 is 1.38 bits per heavy atom. The van der Waals surface area contributed by atoms with E-state index in [0.29, 0.717) is 47.3 Å². The number of fused-ring (bicyclic) bond motifs is 1. The Labute approximate surface area is 151 Å². The first kappa shape index (κ1) is 16.6. The number of amides is 1. The van der Waals surface area contributed by atoms with Crippen LogP contribution in [0.25, 0.3) is 11.0 Å². The third-order valence-corrected chi connectivity index (χ3v) is 5.04. The van der Waals surface area contributed by atoms with Gasteiger partial charge in [0.05, 0.1) is 18.5 Å². The normalized spacial score (nSPS) is 17.6. The van der Waals surface area contributed by atoms with Gasteiger partial charge in [-0.1, -0.05) is 0 Å². The Bertz CT molecular complexity index is 998. The number of aromatic carboxylic acids is 1. The number of nitrogens with one attached hydrogen (secondary N) is 1. The summed E-state index contributed by atoms with van der Waals surface area (Å²) >= 11 is 1.21. The highest BCUT2D eigenvalue weighted by Crippen LogP contribution is 2.27. The number of carboxylic acids is 1. The smallest absolute Gasteiger partial charge is 0.355 e. The summed E-state index contributed by atoms with van der Waals surface area (Å²) in [5, 5.41) is 11.7. The van der Waals surface area contributed by atoms with Crippen molar-refractivity contribution >= 4 is 34.2 Å². The number of nitrogens with zero attached hydrogens (tertiary/aromatic N) is 4. The second-order valence-corrected chi connectivity index (χ2v) is 6.74. The molecule has 3 aromatic rings. The van der Waals surface area contributed by atoms with Gasteiger partial charge in [-0.25, -0.2) is 19.7 Å². The molecule has 1 saturated heterocycles. The van der Waals surface area contributed by atoms with Gasteiger partial charge in [0.2, 0.25) is 0 Å². The molecule has 1 fully saturated rings. The van der Waals surface area contributed by atoms with Gasteiger partial charge >= 0.3 is 5.97 Å². The maximum Gasteiger partial charge on any atom is 0.355 e. The van der Waals surface area contributed by atoms with Crippen LogP contribution in [0.15, 0.2) is 17.6 Å². The highest BCUT2D eigenvalue weighted by molar-refractivity contribution is 7.09. The van der Waals surface area contributed by atoms with Crippen molar-refractivity contribution < 1.29 is 19.4 Å². The molecule has 10 heteroatoms. The van der Waals surface area contributed by atoms with Crippen LogP contribution in [0, 0.1) is 6.92 Å². The van der Waals surface area contributed by atoms with Crippen LogP contribution in [0.4, 0.5) is 0 Å². The lowest BCUT2D eigenvalue weighted by atomic mass is 10.2. The monoisotopic (exact) mass is 373 g/mol. The van der Waals surface area contributed by atoms with Crippen LogP contribution in [-0.4, -0.2) is 61.5 Å². The standard InChI is InChI=1S/C16H15N5O4S/c1-8-18-12(9-2-3-17-13(9)19-8)15(22)21-4-5-25-11(6-21)14-20-10(7-26-14)16(23)24/h2-3,7,11H,4-6H2,1H3,(H,23,24)(H,17,18,19). The molecule has 1 amide bonds. The average Bonchev–Trinajstić information content (AvgIpc) is 3.29. The number of thiazole rings is 1. The summed E-state index contributed by atoms with van der Waals surface area (Å²) in [6, 6.07) is 1.78. The van der Waals surface area contributed by atoms with E-state index < -0.39 is 12.1 Å². The topological polar surface area (TPSA) is 121 Å². The maximum absolute atomic E-state index is 13.0. The zero-order valence-corrected chi connectivity index (χ0v) is 14.6. The van der Waals surface area contributed by atoms with E-state index in [1.54, 1.807) is 24.1 Å². The summed E-state index contributed by atoms with van der Waals surface area (Å²) in [5.41, 5.74) is 0.953. The number of morpholine rings is 1. The second-order valence-electron chi connectivity index (χ2n) is 5.85. The van der Waals surface area contributed by atoms with Crippen molar-refractivity contribution in [1.82, 2.24) is 24.8 Å². The van der Waals surface area contributed by atoms with Crippen LogP contribution in [0.3, 0.4) is 0 Å². The van der Waals surface area contributed by atoms with Crippen LogP contribution in [0.2, 0.25) is 0 Å². The predicted molar refractivity (Wildman–Crippen MR) is 92.3 cm³/mol. The molecule has 2 N–H and O–H groups in total. The number of aromatic amines is 1. The molecule has 3 aromatic heterocycles. The predicted octanol–water partition coefficient (Wildman–Crippen LogP) is 1.63. The van der Waals surface area contributed by atoms with Gasteiger partial charge in [0.1, 0.15) is 28.3 Å². The fraction of sp³-hybridized carbons (Fsp3) is 0.312. The molecule has 0 aromatic carbocycles. The van der Waals surface area contributed by atoms with E-state index in [1.165, 1.54) is 16.7 Å². The van der Waals surface area contributed by atoms with Gasteiger partial charge in [0.15, 0.2) is 5.69 Å². The Balaban J connectivity index is 1.59. The molecule has 0 saturated carbocycles. The van der Waals surface area contributed by atoms with Crippen molar-refractivity contribution in [2.75, 3.05) is 19.7 Å². The van der Waals surface area contributed by atoms with Gasteiger partial charge in [0.25, 0.3) is 5.91 Å². The van der Waals surface area contributed by atoms with E-state index in [4.69, 9.17) is 9.84 Å². The number of aromatic nitrogens is 4. The number of hydrogen-bond donors (Lipinski definition) is 2. The number of aryl methyl sites for hydroxylation is 1. The minimum Gasteiger partial charge on any atom is -0.476 e. The number of carbonyl (C=O) groups is 2. The molecule has 1 aliphatic rings. The second kappa shape index (κ2) is 6.46. The molecule has 1 atom stereocenters. The van der Waals surface area contributed by atoms with Gasteiger partial charge in [-0.05, 0) is 13.0 Å². The average molecular weight is 373 g/mol. The summed E-state index contributed by atoms with van der Waals surface area (Å²) in [6.45, 7) is 2.81. The summed E-state index contributed by atoms with van der Waals surface area (Å²) < 4.78 is 5.69. The maximum atomic E-state index is 13.0. The molecule has 9 nitrogen and oxygen atoms in total. The van der Waals surface area contributed by atoms with Gasteiger partial charge < -0.3 is 19.7 Å². The number of rotatable bonds is 3. The molecule has 0 bridgehead atoms. The van der Waals surface area contributed by atoms with Gasteiger partial charge in [-0.3, -0.25) is 4.79 Å². The minimum atomic E-state index is -1.08. The largest absolute Gasteiger partial charge is 0.476 e. The Morgan fingerprint density at radius 2 is 2.23 bits per heavy atom. The number of hydrogen-bond acceptors (Lipinski definition) is 7. The molecule has 1 unspecified atom stereocenters. The van der Waals surface area contributed by atoms with Crippen LogP contribution in [-0.2, 0) is 4.74 Å². The van der Waals surface area contributed by atoms with Crippen molar-refractivity contribution in [3.63, 3.8) is 0 Å². The third-order valence-electron chi connectivity index (χ3n) is 4.10. The van der Waals surface area contributed by atoms with Crippen molar-refractivity contribution in [2.45, 2.75) is 13.0 Å². The van der Waals surface area contributed by atoms with Crippen molar-refractivity contribution in [3.05, 3.63) is 39.9 Å². The molecule has 1 aliphatic heterocycles. The van der Waals surface area contributed by atoms with E-state index in [-0.39, 0.29) is 11.6 Å². The van der Waals surface area contributed by atoms with Crippen LogP contribution >= 0.6 is 11.3 Å². The molecule has 26 heavy (non-hydrogen) atoms. The highest BCUT2D eigenvalue weighted by atomic mass is 32.1. The van der Waals surface area contributed by atoms with Gasteiger partial charge in [-0.2, -0.15) is 0 Å². The van der Waals surface area contributed by atoms with E-state index in [2.05, 4.69) is 19.9 Å². The minimum absolute atomic E-state index is 0.0162. The summed E-state index contributed by atoms with van der Waals surface area (Å²) in [4.78, 5) is 41.4. The molecule has 0 spiro atoms. The number of carboxylic acid groups (broad SMARTS) is 1. The lowest BCUT2D eigenvalue weighted by Crippen LogP contribution is -2.42. The van der Waals surface area contributed by atoms with E-state index in [9.17, 15) is 9.59 Å². The molecule has 4 heterocycles. The van der Waals surface area contributed by atoms with Gasteiger partial charge in [-0.15, -0.1) is 11.3 Å². The summed E-state index contributed by atoms with van der Waals surface area (Å²) in [6.07, 6.45) is 1.27. The van der Waals surface area contributed by atoms with Crippen LogP contribution in [0.1, 0.15) is 37.9 Å².